The summed E-state index contributed by atoms with van der Waals surface area (Å²) < 4.78 is 10.5. The highest BCUT2D eigenvalue weighted by atomic mass is 16.6. The second-order valence-electron chi connectivity index (χ2n) is 13.8. The summed E-state index contributed by atoms with van der Waals surface area (Å²) in [6.07, 6.45) is 28.9. The Balaban J connectivity index is 2.47. The predicted molar refractivity (Wildman–Crippen MR) is 186 cm³/mol. The lowest BCUT2D eigenvalue weighted by atomic mass is 9.72. The molecule has 1 atom stereocenters. The number of hydrogen-bond donors (Lipinski definition) is 1. The molecule has 7 nitrogen and oxygen atoms in total. The molecule has 1 saturated heterocycles. The van der Waals surface area contributed by atoms with Crippen molar-refractivity contribution in [1.82, 2.24) is 0 Å². The molecule has 0 bridgehead atoms. The molecule has 268 valence electrons. The first-order valence-corrected chi connectivity index (χ1v) is 19.5. The highest BCUT2D eigenvalue weighted by molar-refractivity contribution is 6.24. The van der Waals surface area contributed by atoms with E-state index in [2.05, 4.69) is 13.8 Å². The number of hydrogen-bond acceptors (Lipinski definition) is 7. The number of unbranched alkanes of at least 4 members (excludes halogenated alkanes) is 24. The summed E-state index contributed by atoms with van der Waals surface area (Å²) in [6, 6.07) is 0. The molecule has 1 aliphatic heterocycles. The van der Waals surface area contributed by atoms with Gasteiger partial charge in [0, 0.05) is 12.8 Å². The zero-order chi connectivity index (χ0) is 33.7. The molecule has 7 heteroatoms. The third-order valence-corrected chi connectivity index (χ3v) is 9.63. The molecule has 1 aliphatic rings. The van der Waals surface area contributed by atoms with E-state index in [0.29, 0.717) is 12.8 Å². The van der Waals surface area contributed by atoms with Gasteiger partial charge in [-0.1, -0.05) is 168 Å². The Kier molecular flexibility index (Phi) is 26.0. The van der Waals surface area contributed by atoms with Crippen LogP contribution in [0.1, 0.15) is 200 Å². The van der Waals surface area contributed by atoms with Crippen LogP contribution in [0.4, 0.5) is 0 Å². The number of Topliss-reactive ketones (excluding diaryl/α,β-unsaturated/α-hetero) is 2. The average molecular weight is 651 g/mol. The lowest BCUT2D eigenvalue weighted by molar-refractivity contribution is -0.183. The smallest absolute Gasteiger partial charge is 0.328 e. The van der Waals surface area contributed by atoms with E-state index in [1.54, 1.807) is 0 Å². The van der Waals surface area contributed by atoms with E-state index < -0.39 is 48.1 Å². The quantitative estimate of drug-likeness (QED) is 0.0452. The van der Waals surface area contributed by atoms with Crippen molar-refractivity contribution in [2.45, 2.75) is 206 Å². The maximum Gasteiger partial charge on any atom is 0.328 e. The van der Waals surface area contributed by atoms with Crippen LogP contribution >= 0.6 is 0 Å². The fourth-order valence-electron chi connectivity index (χ4n) is 6.55. The van der Waals surface area contributed by atoms with Crippen molar-refractivity contribution >= 4 is 23.5 Å². The van der Waals surface area contributed by atoms with E-state index in [1.807, 2.05) is 0 Å². The second kappa shape index (κ2) is 28.3. The van der Waals surface area contributed by atoms with Crippen LogP contribution < -0.4 is 0 Å². The zero-order valence-electron chi connectivity index (χ0n) is 29.9. The number of carbonyl (C=O) groups is 4. The zero-order valence-corrected chi connectivity index (χ0v) is 29.9. The molecule has 0 spiro atoms. The minimum Gasteiger partial charge on any atom is -0.461 e. The van der Waals surface area contributed by atoms with Gasteiger partial charge in [-0.05, 0) is 12.8 Å². The van der Waals surface area contributed by atoms with Gasteiger partial charge in [-0.25, -0.2) is 0 Å². The molecule has 0 aromatic rings. The van der Waals surface area contributed by atoms with E-state index in [4.69, 9.17) is 9.47 Å². The first kappa shape index (κ1) is 42.3. The van der Waals surface area contributed by atoms with Crippen molar-refractivity contribution in [2.75, 3.05) is 13.2 Å². The van der Waals surface area contributed by atoms with E-state index in [1.165, 1.54) is 116 Å². The Morgan fingerprint density at radius 3 is 1.24 bits per heavy atom. The first-order chi connectivity index (χ1) is 22.4. The largest absolute Gasteiger partial charge is 0.461 e. The number of cyclic esters (lactones) is 2. The Hall–Kier alpha value is -1.76. The van der Waals surface area contributed by atoms with Gasteiger partial charge in [-0.15, -0.1) is 0 Å². The van der Waals surface area contributed by atoms with Crippen molar-refractivity contribution in [3.8, 4) is 0 Å². The van der Waals surface area contributed by atoms with Crippen LogP contribution in [-0.2, 0) is 28.7 Å². The van der Waals surface area contributed by atoms with E-state index in [-0.39, 0.29) is 19.4 Å². The van der Waals surface area contributed by atoms with Crippen molar-refractivity contribution in [3.63, 3.8) is 0 Å². The molecule has 0 aliphatic carbocycles. The van der Waals surface area contributed by atoms with Crippen molar-refractivity contribution in [1.29, 1.82) is 0 Å². The molecule has 0 aromatic carbocycles. The summed E-state index contributed by atoms with van der Waals surface area (Å²) in [6.45, 7) is 3.63. The summed E-state index contributed by atoms with van der Waals surface area (Å²) in [5.41, 5.74) is -2.13. The molecule has 1 rings (SSSR count). The van der Waals surface area contributed by atoms with Gasteiger partial charge < -0.3 is 14.6 Å². The van der Waals surface area contributed by atoms with E-state index in [0.717, 1.165) is 38.5 Å². The number of ether oxygens (including phenoxy) is 2. The van der Waals surface area contributed by atoms with Crippen LogP contribution in [0.3, 0.4) is 0 Å². The maximum atomic E-state index is 13.6. The number of aliphatic hydroxyl groups excluding tert-OH is 1. The molecule has 1 N–H and O–H groups in total. The summed E-state index contributed by atoms with van der Waals surface area (Å²) in [7, 11) is 0. The fourth-order valence-corrected chi connectivity index (χ4v) is 6.55. The molecule has 0 amide bonds. The van der Waals surface area contributed by atoms with Crippen molar-refractivity contribution in [3.05, 3.63) is 0 Å². The number of rotatable bonds is 31. The van der Waals surface area contributed by atoms with Gasteiger partial charge in [-0.3, -0.25) is 19.2 Å². The number of carbonyl (C=O) groups excluding carboxylic acids is 4. The lowest BCUT2D eigenvalue weighted by Gasteiger charge is -2.31. The maximum absolute atomic E-state index is 13.6. The summed E-state index contributed by atoms with van der Waals surface area (Å²) in [5.74, 6) is -2.82. The van der Waals surface area contributed by atoms with Crippen LogP contribution in [0.2, 0.25) is 0 Å². The molecule has 0 aromatic heterocycles. The molecular formula is C39H70O7. The highest BCUT2D eigenvalue weighted by Gasteiger charge is 2.55. The minimum atomic E-state index is -2.13. The highest BCUT2D eigenvalue weighted by Crippen LogP contribution is 2.34. The van der Waals surface area contributed by atoms with Crippen molar-refractivity contribution in [2.24, 2.45) is 5.41 Å². The third-order valence-electron chi connectivity index (χ3n) is 9.63. The number of aliphatic hydroxyl groups is 1. The van der Waals surface area contributed by atoms with Gasteiger partial charge >= 0.3 is 11.9 Å². The van der Waals surface area contributed by atoms with Crippen LogP contribution in [0.5, 0.6) is 0 Å². The summed E-state index contributed by atoms with van der Waals surface area (Å²) >= 11 is 0. The standard InChI is InChI=1S/C39H70O7/c1-3-5-7-9-11-13-15-17-19-21-23-25-27-29-35(41)39(31-37(43)46-34(32-40)33-45-38(39)44)36(42)30-28-26-24-22-20-18-16-14-12-10-8-6-4-2/h34,40H,3-33H2,1-2H3. The number of esters is 2. The van der Waals surface area contributed by atoms with Gasteiger partial charge in [-0.2, -0.15) is 0 Å². The van der Waals surface area contributed by atoms with Gasteiger partial charge in [0.15, 0.2) is 23.1 Å². The monoisotopic (exact) mass is 651 g/mol. The molecule has 1 fully saturated rings. The van der Waals surface area contributed by atoms with E-state index >= 15 is 0 Å². The van der Waals surface area contributed by atoms with Crippen LogP contribution in [-0.4, -0.2) is 47.9 Å². The normalized spacial score (nSPS) is 16.5. The Bertz CT molecular complexity index is 766. The topological polar surface area (TPSA) is 107 Å². The van der Waals surface area contributed by atoms with Gasteiger partial charge in [0.05, 0.1) is 13.0 Å². The van der Waals surface area contributed by atoms with Gasteiger partial charge in [0.1, 0.15) is 6.61 Å². The first-order valence-electron chi connectivity index (χ1n) is 19.5. The van der Waals surface area contributed by atoms with Crippen LogP contribution in [0.15, 0.2) is 0 Å². The Morgan fingerprint density at radius 1 is 0.587 bits per heavy atom. The molecule has 46 heavy (non-hydrogen) atoms. The van der Waals surface area contributed by atoms with E-state index in [9.17, 15) is 24.3 Å². The van der Waals surface area contributed by atoms with Crippen LogP contribution in [0, 0.1) is 5.41 Å². The van der Waals surface area contributed by atoms with Gasteiger partial charge in [0.25, 0.3) is 0 Å². The van der Waals surface area contributed by atoms with Crippen molar-refractivity contribution < 1.29 is 33.8 Å². The lowest BCUT2D eigenvalue weighted by Crippen LogP contribution is -2.52. The molecule has 1 heterocycles. The summed E-state index contributed by atoms with van der Waals surface area (Å²) in [4.78, 5) is 53.2. The van der Waals surface area contributed by atoms with Crippen LogP contribution in [0.25, 0.3) is 0 Å². The number of ketones is 2. The predicted octanol–water partition coefficient (Wildman–Crippen LogP) is 9.92. The third kappa shape index (κ3) is 18.5. The molecule has 0 radical (unpaired) electrons. The average Bonchev–Trinajstić information content (AvgIpc) is 3.05. The molecule has 0 saturated carbocycles. The summed E-state index contributed by atoms with van der Waals surface area (Å²) in [5, 5.41) is 9.43. The Morgan fingerprint density at radius 2 is 0.913 bits per heavy atom. The molecular weight excluding hydrogens is 580 g/mol. The SMILES string of the molecule is CCCCCCCCCCCCCCCC(=O)C1(C(=O)CCCCCCCCCCCCCCC)CC(=O)OC(CO)COC1=O. The Labute approximate surface area is 281 Å². The van der Waals surface area contributed by atoms with Gasteiger partial charge in [0.2, 0.25) is 0 Å². The second-order valence-corrected chi connectivity index (χ2v) is 13.8. The fraction of sp³-hybridized carbons (Fsp3) is 0.897. The minimum absolute atomic E-state index is 0.0634. The molecule has 1 unspecified atom stereocenters.